The number of nitrogens with one attached hydrogen (secondary N) is 3. The molecule has 0 radical (unpaired) electrons. The molecule has 0 aliphatic carbocycles. The minimum atomic E-state index is -0.0954. The lowest BCUT2D eigenvalue weighted by Gasteiger charge is -2.13. The Bertz CT molecular complexity index is 899. The van der Waals surface area contributed by atoms with E-state index in [2.05, 4.69) is 20.9 Å². The Morgan fingerprint density at radius 3 is 2.39 bits per heavy atom. The zero-order chi connectivity index (χ0) is 21.9. The zero-order valence-corrected chi connectivity index (χ0v) is 20.9. The summed E-state index contributed by atoms with van der Waals surface area (Å²) in [7, 11) is 3.50. The molecule has 0 aliphatic heterocycles. The van der Waals surface area contributed by atoms with Gasteiger partial charge in [0.05, 0.1) is 6.54 Å². The summed E-state index contributed by atoms with van der Waals surface area (Å²) in [4.78, 5) is 29.6. The third-order valence-electron chi connectivity index (χ3n) is 4.30. The molecular formula is C23H32IN5O2. The minimum absolute atomic E-state index is 0. The molecule has 0 fully saturated rings. The first-order valence-corrected chi connectivity index (χ1v) is 10.1. The fourth-order valence-electron chi connectivity index (χ4n) is 2.91. The number of benzene rings is 2. The van der Waals surface area contributed by atoms with Crippen LogP contribution in [0.15, 0.2) is 53.5 Å². The van der Waals surface area contributed by atoms with Crippen molar-refractivity contribution >= 4 is 47.4 Å². The Balaban J connectivity index is 0.00000480. The molecular weight excluding hydrogens is 505 g/mol. The number of rotatable bonds is 8. The first-order valence-electron chi connectivity index (χ1n) is 10.1. The molecule has 0 aliphatic rings. The zero-order valence-electron chi connectivity index (χ0n) is 18.6. The van der Waals surface area contributed by atoms with Gasteiger partial charge in [0, 0.05) is 45.4 Å². The third-order valence-corrected chi connectivity index (χ3v) is 4.30. The van der Waals surface area contributed by atoms with E-state index in [9.17, 15) is 9.59 Å². The van der Waals surface area contributed by atoms with E-state index >= 15 is 0 Å². The quantitative estimate of drug-likeness (QED) is 0.274. The highest BCUT2D eigenvalue weighted by molar-refractivity contribution is 14.0. The monoisotopic (exact) mass is 537 g/mol. The number of guanidine groups is 1. The Hall–Kier alpha value is -2.62. The fourth-order valence-corrected chi connectivity index (χ4v) is 2.91. The van der Waals surface area contributed by atoms with E-state index in [1.54, 1.807) is 19.0 Å². The van der Waals surface area contributed by atoms with Crippen molar-refractivity contribution in [1.82, 2.24) is 15.5 Å². The second-order valence-corrected chi connectivity index (χ2v) is 7.15. The van der Waals surface area contributed by atoms with Gasteiger partial charge in [0.15, 0.2) is 5.96 Å². The number of amides is 2. The Morgan fingerprint density at radius 2 is 1.71 bits per heavy atom. The number of nitrogens with zero attached hydrogens (tertiary/aromatic N) is 2. The molecule has 31 heavy (non-hydrogen) atoms. The molecule has 0 spiro atoms. The van der Waals surface area contributed by atoms with Gasteiger partial charge in [-0.3, -0.25) is 9.59 Å². The summed E-state index contributed by atoms with van der Waals surface area (Å²) >= 11 is 0. The summed E-state index contributed by atoms with van der Waals surface area (Å²) in [5.74, 6) is 0.631. The van der Waals surface area contributed by atoms with Crippen molar-refractivity contribution in [3.8, 4) is 0 Å². The predicted octanol–water partition coefficient (Wildman–Crippen LogP) is 3.26. The summed E-state index contributed by atoms with van der Waals surface area (Å²) < 4.78 is 0. The van der Waals surface area contributed by atoms with Crippen LogP contribution in [0.4, 0.5) is 5.69 Å². The van der Waals surface area contributed by atoms with Gasteiger partial charge in [-0.25, -0.2) is 4.99 Å². The lowest BCUT2D eigenvalue weighted by Crippen LogP contribution is -2.38. The standard InChI is InChI=1S/C23H31N5O2.HI/c1-5-24-23(26-16-19-9-7-11-21(15-19)27-17(2)29)25-13-12-18-8-6-10-20(14-18)22(30)28(3)4;/h6-11,14-15H,5,12-13,16H2,1-4H3,(H,27,29)(H2,24,25,26);1H. The highest BCUT2D eigenvalue weighted by Crippen LogP contribution is 2.11. The van der Waals surface area contributed by atoms with Crippen LogP contribution in [0.2, 0.25) is 0 Å². The second kappa shape index (κ2) is 13.6. The van der Waals surface area contributed by atoms with Crippen molar-refractivity contribution in [1.29, 1.82) is 0 Å². The molecule has 0 saturated carbocycles. The van der Waals surface area contributed by atoms with E-state index in [4.69, 9.17) is 0 Å². The number of aliphatic imine (C=N–C) groups is 1. The van der Waals surface area contributed by atoms with E-state index in [0.717, 1.165) is 35.7 Å². The fraction of sp³-hybridized carbons (Fsp3) is 0.348. The Labute approximate surface area is 201 Å². The summed E-state index contributed by atoms with van der Waals surface area (Å²) in [6, 6.07) is 15.3. The lowest BCUT2D eigenvalue weighted by atomic mass is 10.1. The second-order valence-electron chi connectivity index (χ2n) is 7.15. The number of halogens is 1. The van der Waals surface area contributed by atoms with Crippen LogP contribution in [-0.2, 0) is 17.8 Å². The Morgan fingerprint density at radius 1 is 1.00 bits per heavy atom. The van der Waals surface area contributed by atoms with E-state index in [1.807, 2.05) is 55.5 Å². The van der Waals surface area contributed by atoms with Crippen LogP contribution >= 0.6 is 24.0 Å². The summed E-state index contributed by atoms with van der Waals surface area (Å²) in [6.07, 6.45) is 0.775. The number of hydrogen-bond acceptors (Lipinski definition) is 3. The maximum atomic E-state index is 12.1. The smallest absolute Gasteiger partial charge is 0.253 e. The number of anilines is 1. The number of carbonyl (C=O) groups is 2. The van der Waals surface area contributed by atoms with Crippen LogP contribution in [0.25, 0.3) is 0 Å². The molecule has 8 heteroatoms. The molecule has 0 aromatic heterocycles. The highest BCUT2D eigenvalue weighted by atomic mass is 127. The summed E-state index contributed by atoms with van der Waals surface area (Å²) in [5, 5.41) is 9.35. The van der Waals surface area contributed by atoms with Gasteiger partial charge < -0.3 is 20.9 Å². The van der Waals surface area contributed by atoms with Gasteiger partial charge in [-0.15, -0.1) is 24.0 Å². The van der Waals surface area contributed by atoms with Crippen LogP contribution in [0.1, 0.15) is 35.3 Å². The predicted molar refractivity (Wildman–Crippen MR) is 137 cm³/mol. The average molecular weight is 537 g/mol. The number of carbonyl (C=O) groups excluding carboxylic acids is 2. The van der Waals surface area contributed by atoms with E-state index < -0.39 is 0 Å². The van der Waals surface area contributed by atoms with E-state index in [0.29, 0.717) is 18.7 Å². The molecule has 0 saturated heterocycles. The number of hydrogen-bond donors (Lipinski definition) is 3. The minimum Gasteiger partial charge on any atom is -0.357 e. The molecule has 7 nitrogen and oxygen atoms in total. The molecule has 2 amide bonds. The van der Waals surface area contributed by atoms with Gasteiger partial charge in [0.2, 0.25) is 5.91 Å². The molecule has 2 aromatic carbocycles. The molecule has 0 unspecified atom stereocenters. The molecule has 0 atom stereocenters. The third kappa shape index (κ3) is 9.37. The van der Waals surface area contributed by atoms with Crippen LogP contribution in [0.3, 0.4) is 0 Å². The van der Waals surface area contributed by atoms with Crippen molar-refractivity contribution in [3.63, 3.8) is 0 Å². The summed E-state index contributed by atoms with van der Waals surface area (Å²) in [6.45, 7) is 5.45. The largest absolute Gasteiger partial charge is 0.357 e. The first-order chi connectivity index (χ1) is 14.4. The maximum absolute atomic E-state index is 12.1. The van der Waals surface area contributed by atoms with Crippen molar-refractivity contribution in [2.45, 2.75) is 26.8 Å². The topological polar surface area (TPSA) is 85.8 Å². The van der Waals surface area contributed by atoms with Crippen molar-refractivity contribution in [2.75, 3.05) is 32.5 Å². The van der Waals surface area contributed by atoms with Crippen LogP contribution in [0, 0.1) is 0 Å². The van der Waals surface area contributed by atoms with Gasteiger partial charge in [-0.2, -0.15) is 0 Å². The van der Waals surface area contributed by atoms with Gasteiger partial charge >= 0.3 is 0 Å². The van der Waals surface area contributed by atoms with Gasteiger partial charge in [0.1, 0.15) is 0 Å². The normalized spacial score (nSPS) is 10.6. The van der Waals surface area contributed by atoms with Crippen LogP contribution in [0.5, 0.6) is 0 Å². The molecule has 0 heterocycles. The van der Waals surface area contributed by atoms with Crippen LogP contribution in [-0.4, -0.2) is 49.9 Å². The lowest BCUT2D eigenvalue weighted by molar-refractivity contribution is -0.114. The molecule has 168 valence electrons. The molecule has 2 aromatic rings. The average Bonchev–Trinajstić information content (AvgIpc) is 2.71. The van der Waals surface area contributed by atoms with E-state index in [1.165, 1.54) is 6.92 Å². The van der Waals surface area contributed by atoms with Crippen molar-refractivity contribution in [3.05, 3.63) is 65.2 Å². The molecule has 0 bridgehead atoms. The summed E-state index contributed by atoms with van der Waals surface area (Å²) in [5.41, 5.74) is 3.56. The Kier molecular flexibility index (Phi) is 11.6. The first kappa shape index (κ1) is 26.4. The molecule has 2 rings (SSSR count). The van der Waals surface area contributed by atoms with E-state index in [-0.39, 0.29) is 35.8 Å². The maximum Gasteiger partial charge on any atom is 0.253 e. The van der Waals surface area contributed by atoms with Crippen molar-refractivity contribution < 1.29 is 9.59 Å². The van der Waals surface area contributed by atoms with Crippen LogP contribution < -0.4 is 16.0 Å². The highest BCUT2D eigenvalue weighted by Gasteiger charge is 2.08. The van der Waals surface area contributed by atoms with Gasteiger partial charge in [0.25, 0.3) is 5.91 Å². The molecule has 3 N–H and O–H groups in total. The van der Waals surface area contributed by atoms with Gasteiger partial charge in [-0.05, 0) is 48.7 Å². The SMILES string of the molecule is CCNC(=NCc1cccc(NC(C)=O)c1)NCCc1cccc(C(=O)N(C)C)c1.I. The van der Waals surface area contributed by atoms with Crippen molar-refractivity contribution in [2.24, 2.45) is 4.99 Å². The van der Waals surface area contributed by atoms with Gasteiger partial charge in [-0.1, -0.05) is 24.3 Å².